The Hall–Kier alpha value is -0.420. The minimum absolute atomic E-state index is 0.0530. The Bertz CT molecular complexity index is 441. The van der Waals surface area contributed by atoms with Crippen molar-refractivity contribution in [3.8, 4) is 0 Å². The highest BCUT2D eigenvalue weighted by atomic mass is 35.5. The van der Waals surface area contributed by atoms with Gasteiger partial charge in [0.15, 0.2) is 0 Å². The standard InChI is InChI=1S/C13H17Cl2NO2S/c1-8(2)12(13(17)18)16-5-6-19-11-7-9(14)3-4-10(11)15/h3-4,7-8,12,16H,5-6H2,1-2H3,(H,17,18). The third-order valence-electron chi connectivity index (χ3n) is 2.55. The first-order chi connectivity index (χ1) is 8.91. The Morgan fingerprint density at radius 2 is 2.11 bits per heavy atom. The second kappa shape index (κ2) is 8.00. The maximum atomic E-state index is 11.0. The summed E-state index contributed by atoms with van der Waals surface area (Å²) in [7, 11) is 0. The molecule has 3 nitrogen and oxygen atoms in total. The summed E-state index contributed by atoms with van der Waals surface area (Å²) >= 11 is 13.5. The highest BCUT2D eigenvalue weighted by Crippen LogP contribution is 2.29. The lowest BCUT2D eigenvalue weighted by Gasteiger charge is -2.17. The smallest absolute Gasteiger partial charge is 0.320 e. The lowest BCUT2D eigenvalue weighted by molar-refractivity contribution is -0.140. The minimum atomic E-state index is -0.819. The summed E-state index contributed by atoms with van der Waals surface area (Å²) in [5.41, 5.74) is 0. The van der Waals surface area contributed by atoms with Crippen LogP contribution in [0.25, 0.3) is 0 Å². The van der Waals surface area contributed by atoms with Gasteiger partial charge in [-0.3, -0.25) is 4.79 Å². The van der Waals surface area contributed by atoms with Crippen molar-refractivity contribution in [2.45, 2.75) is 24.8 Å². The topological polar surface area (TPSA) is 49.3 Å². The van der Waals surface area contributed by atoms with E-state index in [9.17, 15) is 4.79 Å². The fourth-order valence-electron chi connectivity index (χ4n) is 1.57. The van der Waals surface area contributed by atoms with Gasteiger partial charge in [-0.2, -0.15) is 0 Å². The van der Waals surface area contributed by atoms with Crippen LogP contribution in [0.1, 0.15) is 13.8 Å². The third-order valence-corrected chi connectivity index (χ3v) is 4.28. The van der Waals surface area contributed by atoms with Gasteiger partial charge in [-0.15, -0.1) is 11.8 Å². The molecule has 19 heavy (non-hydrogen) atoms. The Labute approximate surface area is 127 Å². The zero-order chi connectivity index (χ0) is 14.4. The monoisotopic (exact) mass is 321 g/mol. The van der Waals surface area contributed by atoms with E-state index in [1.54, 1.807) is 23.9 Å². The SMILES string of the molecule is CC(C)C(NCCSc1cc(Cl)ccc1Cl)C(=O)O. The van der Waals surface area contributed by atoms with Gasteiger partial charge in [0.05, 0.1) is 5.02 Å². The van der Waals surface area contributed by atoms with Crippen LogP contribution in [0.2, 0.25) is 10.0 Å². The van der Waals surface area contributed by atoms with E-state index in [0.717, 1.165) is 10.6 Å². The van der Waals surface area contributed by atoms with Crippen LogP contribution >= 0.6 is 35.0 Å². The summed E-state index contributed by atoms with van der Waals surface area (Å²) in [6, 6.07) is 4.79. The van der Waals surface area contributed by atoms with Gasteiger partial charge in [-0.1, -0.05) is 37.0 Å². The van der Waals surface area contributed by atoms with Crippen molar-refractivity contribution in [1.29, 1.82) is 0 Å². The molecule has 0 amide bonds. The van der Waals surface area contributed by atoms with Gasteiger partial charge >= 0.3 is 5.97 Å². The highest BCUT2D eigenvalue weighted by Gasteiger charge is 2.19. The summed E-state index contributed by atoms with van der Waals surface area (Å²) in [5, 5.41) is 13.4. The van der Waals surface area contributed by atoms with Crippen LogP contribution in [0.3, 0.4) is 0 Å². The van der Waals surface area contributed by atoms with Crippen molar-refractivity contribution < 1.29 is 9.90 Å². The summed E-state index contributed by atoms with van der Waals surface area (Å²) in [6.07, 6.45) is 0. The number of aliphatic carboxylic acids is 1. The maximum Gasteiger partial charge on any atom is 0.320 e. The fraction of sp³-hybridized carbons (Fsp3) is 0.462. The molecule has 2 N–H and O–H groups in total. The molecule has 106 valence electrons. The molecule has 0 saturated carbocycles. The fourth-order valence-corrected chi connectivity index (χ4v) is 2.95. The number of carboxylic acids is 1. The summed E-state index contributed by atoms with van der Waals surface area (Å²) in [4.78, 5) is 11.9. The van der Waals surface area contributed by atoms with Gasteiger partial charge in [-0.25, -0.2) is 0 Å². The average Bonchev–Trinajstić information content (AvgIpc) is 2.32. The maximum absolute atomic E-state index is 11.0. The zero-order valence-electron chi connectivity index (χ0n) is 10.8. The van der Waals surface area contributed by atoms with Gasteiger partial charge < -0.3 is 10.4 Å². The number of carbonyl (C=O) groups is 1. The van der Waals surface area contributed by atoms with E-state index >= 15 is 0 Å². The van der Waals surface area contributed by atoms with Crippen LogP contribution in [-0.2, 0) is 4.79 Å². The van der Waals surface area contributed by atoms with Crippen LogP contribution in [-0.4, -0.2) is 29.4 Å². The largest absolute Gasteiger partial charge is 0.480 e. The van der Waals surface area contributed by atoms with Gasteiger partial charge in [0, 0.05) is 22.2 Å². The Morgan fingerprint density at radius 1 is 1.42 bits per heavy atom. The van der Waals surface area contributed by atoms with E-state index in [-0.39, 0.29) is 5.92 Å². The number of halogens is 2. The summed E-state index contributed by atoms with van der Waals surface area (Å²) in [5.74, 6) is -0.0330. The zero-order valence-corrected chi connectivity index (χ0v) is 13.1. The molecule has 1 rings (SSSR count). The molecule has 0 radical (unpaired) electrons. The van der Waals surface area contributed by atoms with Crippen molar-refractivity contribution in [3.63, 3.8) is 0 Å². The summed E-state index contributed by atoms with van der Waals surface area (Å²) in [6.45, 7) is 4.36. The highest BCUT2D eigenvalue weighted by molar-refractivity contribution is 7.99. The van der Waals surface area contributed by atoms with Crippen LogP contribution in [0.4, 0.5) is 0 Å². The quantitative estimate of drug-likeness (QED) is 0.592. The molecule has 0 aliphatic heterocycles. The van der Waals surface area contributed by atoms with E-state index in [0.29, 0.717) is 16.6 Å². The predicted molar refractivity (Wildman–Crippen MR) is 81.5 cm³/mol. The van der Waals surface area contributed by atoms with Crippen molar-refractivity contribution in [2.75, 3.05) is 12.3 Å². The molecule has 0 spiro atoms. The molecule has 0 fully saturated rings. The van der Waals surface area contributed by atoms with Crippen molar-refractivity contribution in [1.82, 2.24) is 5.32 Å². The van der Waals surface area contributed by atoms with Crippen LogP contribution in [0.15, 0.2) is 23.1 Å². The summed E-state index contributed by atoms with van der Waals surface area (Å²) < 4.78 is 0. The molecule has 0 saturated heterocycles. The second-order valence-corrected chi connectivity index (χ2v) is 6.42. The van der Waals surface area contributed by atoms with E-state index in [2.05, 4.69) is 5.32 Å². The molecule has 0 bridgehead atoms. The van der Waals surface area contributed by atoms with Crippen LogP contribution in [0.5, 0.6) is 0 Å². The Balaban J connectivity index is 2.42. The number of hydrogen-bond acceptors (Lipinski definition) is 3. The van der Waals surface area contributed by atoms with E-state index in [1.165, 1.54) is 0 Å². The van der Waals surface area contributed by atoms with Crippen molar-refractivity contribution >= 4 is 40.9 Å². The Kier molecular flexibility index (Phi) is 7.00. The minimum Gasteiger partial charge on any atom is -0.480 e. The lowest BCUT2D eigenvalue weighted by atomic mass is 10.1. The molecular formula is C13H17Cl2NO2S. The second-order valence-electron chi connectivity index (χ2n) is 4.44. The predicted octanol–water partition coefficient (Wildman–Crippen LogP) is 3.78. The molecule has 0 aliphatic rings. The third kappa shape index (κ3) is 5.61. The van der Waals surface area contributed by atoms with Gasteiger partial charge in [0.2, 0.25) is 0 Å². The first-order valence-electron chi connectivity index (χ1n) is 5.96. The lowest BCUT2D eigenvalue weighted by Crippen LogP contribution is -2.41. The first kappa shape index (κ1) is 16.6. The molecule has 0 heterocycles. The number of carboxylic acid groups (broad SMARTS) is 1. The molecule has 0 aliphatic carbocycles. The number of rotatable bonds is 7. The van der Waals surface area contributed by atoms with Crippen LogP contribution in [0, 0.1) is 5.92 Å². The molecule has 1 unspecified atom stereocenters. The Morgan fingerprint density at radius 3 is 2.68 bits per heavy atom. The van der Waals surface area contributed by atoms with E-state index in [4.69, 9.17) is 28.3 Å². The van der Waals surface area contributed by atoms with Crippen LogP contribution < -0.4 is 5.32 Å². The molecule has 1 atom stereocenters. The normalized spacial score (nSPS) is 12.7. The van der Waals surface area contributed by atoms with Gasteiger partial charge in [0.25, 0.3) is 0 Å². The molecule has 1 aromatic carbocycles. The van der Waals surface area contributed by atoms with E-state index < -0.39 is 12.0 Å². The van der Waals surface area contributed by atoms with Gasteiger partial charge in [0.1, 0.15) is 6.04 Å². The molecule has 0 aromatic heterocycles. The van der Waals surface area contributed by atoms with E-state index in [1.807, 2.05) is 19.9 Å². The average molecular weight is 322 g/mol. The molecule has 1 aromatic rings. The number of thioether (sulfide) groups is 1. The van der Waals surface area contributed by atoms with Gasteiger partial charge in [-0.05, 0) is 24.1 Å². The number of hydrogen-bond donors (Lipinski definition) is 2. The number of nitrogens with one attached hydrogen (secondary N) is 1. The van der Waals surface area contributed by atoms with Crippen molar-refractivity contribution in [3.05, 3.63) is 28.2 Å². The molecular weight excluding hydrogens is 305 g/mol. The molecule has 6 heteroatoms. The number of benzene rings is 1. The first-order valence-corrected chi connectivity index (χ1v) is 7.70. The van der Waals surface area contributed by atoms with Crippen molar-refractivity contribution in [2.24, 2.45) is 5.92 Å².